The molecule has 4 heteroatoms. The van der Waals surface area contributed by atoms with Crippen molar-refractivity contribution in [3.63, 3.8) is 0 Å². The SMILES string of the molecule is Cc1cc(Oc2ccc3c(c2)OCO3)ccc1CN. The number of fused-ring (bicyclic) bond motifs is 1. The van der Waals surface area contributed by atoms with Crippen molar-refractivity contribution in [2.45, 2.75) is 13.5 Å². The Hall–Kier alpha value is -2.20. The molecule has 0 saturated heterocycles. The van der Waals surface area contributed by atoms with Gasteiger partial charge in [-0.2, -0.15) is 0 Å². The minimum absolute atomic E-state index is 0.267. The fourth-order valence-electron chi connectivity index (χ4n) is 2.04. The molecule has 0 spiro atoms. The number of hydrogen-bond donors (Lipinski definition) is 1. The summed E-state index contributed by atoms with van der Waals surface area (Å²) in [5.74, 6) is 2.98. The van der Waals surface area contributed by atoms with Crippen molar-refractivity contribution < 1.29 is 14.2 Å². The molecule has 0 unspecified atom stereocenters. The molecule has 0 fully saturated rings. The van der Waals surface area contributed by atoms with Gasteiger partial charge in [0.1, 0.15) is 11.5 Å². The van der Waals surface area contributed by atoms with Gasteiger partial charge in [-0.05, 0) is 42.3 Å². The predicted octanol–water partition coefficient (Wildman–Crippen LogP) is 2.97. The van der Waals surface area contributed by atoms with Crippen LogP contribution in [0.1, 0.15) is 11.1 Å². The normalized spacial score (nSPS) is 12.5. The van der Waals surface area contributed by atoms with Gasteiger partial charge < -0.3 is 19.9 Å². The Bertz CT molecular complexity index is 610. The van der Waals surface area contributed by atoms with E-state index >= 15 is 0 Å². The molecule has 2 N–H and O–H groups in total. The first-order valence-electron chi connectivity index (χ1n) is 6.13. The summed E-state index contributed by atoms with van der Waals surface area (Å²) in [4.78, 5) is 0. The fraction of sp³-hybridized carbons (Fsp3) is 0.200. The van der Waals surface area contributed by atoms with Gasteiger partial charge in [0.2, 0.25) is 6.79 Å². The van der Waals surface area contributed by atoms with E-state index < -0.39 is 0 Å². The second-order valence-electron chi connectivity index (χ2n) is 4.41. The molecule has 0 saturated carbocycles. The van der Waals surface area contributed by atoms with Crippen LogP contribution in [0, 0.1) is 6.92 Å². The average molecular weight is 257 g/mol. The third-order valence-electron chi connectivity index (χ3n) is 3.11. The Labute approximate surface area is 111 Å². The van der Waals surface area contributed by atoms with E-state index in [1.165, 1.54) is 0 Å². The molecule has 0 bridgehead atoms. The number of ether oxygens (including phenoxy) is 3. The fourth-order valence-corrected chi connectivity index (χ4v) is 2.04. The molecule has 1 aliphatic heterocycles. The Balaban J connectivity index is 1.83. The molecule has 2 aromatic rings. The van der Waals surface area contributed by atoms with Crippen molar-refractivity contribution in [2.75, 3.05) is 6.79 Å². The van der Waals surface area contributed by atoms with Crippen LogP contribution in [0.5, 0.6) is 23.0 Å². The smallest absolute Gasteiger partial charge is 0.231 e. The van der Waals surface area contributed by atoms with Crippen LogP contribution in [0.25, 0.3) is 0 Å². The second kappa shape index (κ2) is 4.82. The molecule has 0 aliphatic carbocycles. The van der Waals surface area contributed by atoms with Crippen molar-refractivity contribution in [3.8, 4) is 23.0 Å². The quantitative estimate of drug-likeness (QED) is 0.918. The van der Waals surface area contributed by atoms with E-state index in [-0.39, 0.29) is 6.79 Å². The molecule has 1 aliphatic rings. The third-order valence-corrected chi connectivity index (χ3v) is 3.11. The summed E-state index contributed by atoms with van der Waals surface area (Å²) in [7, 11) is 0. The molecular weight excluding hydrogens is 242 g/mol. The summed E-state index contributed by atoms with van der Waals surface area (Å²) in [6.07, 6.45) is 0. The molecule has 2 aromatic carbocycles. The summed E-state index contributed by atoms with van der Waals surface area (Å²) in [6.45, 7) is 2.83. The van der Waals surface area contributed by atoms with Crippen LogP contribution in [0.2, 0.25) is 0 Å². The lowest BCUT2D eigenvalue weighted by Crippen LogP contribution is -1.98. The highest BCUT2D eigenvalue weighted by Crippen LogP contribution is 2.36. The first-order valence-corrected chi connectivity index (χ1v) is 6.13. The maximum absolute atomic E-state index is 5.81. The van der Waals surface area contributed by atoms with Gasteiger partial charge in [-0.3, -0.25) is 0 Å². The summed E-state index contributed by atoms with van der Waals surface area (Å²) in [6, 6.07) is 11.4. The molecule has 0 aromatic heterocycles. The van der Waals surface area contributed by atoms with Crippen LogP contribution in [-0.2, 0) is 6.54 Å². The lowest BCUT2D eigenvalue weighted by molar-refractivity contribution is 0.174. The monoisotopic (exact) mass is 257 g/mol. The molecule has 1 heterocycles. The predicted molar refractivity (Wildman–Crippen MR) is 71.7 cm³/mol. The van der Waals surface area contributed by atoms with Crippen LogP contribution in [0.15, 0.2) is 36.4 Å². The van der Waals surface area contributed by atoms with Gasteiger partial charge in [0.05, 0.1) is 0 Å². The minimum Gasteiger partial charge on any atom is -0.457 e. The highest BCUT2D eigenvalue weighted by atomic mass is 16.7. The lowest BCUT2D eigenvalue weighted by Gasteiger charge is -2.09. The molecule has 98 valence electrons. The molecular formula is C15H15NO3. The van der Waals surface area contributed by atoms with E-state index in [2.05, 4.69) is 0 Å². The van der Waals surface area contributed by atoms with Gasteiger partial charge in [-0.25, -0.2) is 0 Å². The van der Waals surface area contributed by atoms with E-state index in [1.54, 1.807) is 0 Å². The van der Waals surface area contributed by atoms with Crippen molar-refractivity contribution in [3.05, 3.63) is 47.5 Å². The summed E-state index contributed by atoms with van der Waals surface area (Å²) >= 11 is 0. The van der Waals surface area contributed by atoms with Crippen LogP contribution < -0.4 is 19.9 Å². The van der Waals surface area contributed by atoms with Crippen molar-refractivity contribution in [1.29, 1.82) is 0 Å². The van der Waals surface area contributed by atoms with Crippen LogP contribution >= 0.6 is 0 Å². The van der Waals surface area contributed by atoms with Gasteiger partial charge in [0.15, 0.2) is 11.5 Å². The first-order chi connectivity index (χ1) is 9.26. The van der Waals surface area contributed by atoms with Crippen LogP contribution in [0.4, 0.5) is 0 Å². The van der Waals surface area contributed by atoms with Gasteiger partial charge in [0.25, 0.3) is 0 Å². The molecule has 4 nitrogen and oxygen atoms in total. The number of aryl methyl sites for hydroxylation is 1. The Morgan fingerprint density at radius 3 is 2.58 bits per heavy atom. The van der Waals surface area contributed by atoms with E-state index in [0.717, 1.165) is 28.4 Å². The van der Waals surface area contributed by atoms with Crippen molar-refractivity contribution >= 4 is 0 Å². The molecule has 3 rings (SSSR count). The van der Waals surface area contributed by atoms with Crippen molar-refractivity contribution in [2.24, 2.45) is 5.73 Å². The summed E-state index contributed by atoms with van der Waals surface area (Å²) in [5.41, 5.74) is 7.89. The Morgan fingerprint density at radius 1 is 1.05 bits per heavy atom. The minimum atomic E-state index is 0.267. The Kier molecular flexibility index (Phi) is 3.01. The summed E-state index contributed by atoms with van der Waals surface area (Å²) in [5, 5.41) is 0. The zero-order chi connectivity index (χ0) is 13.2. The van der Waals surface area contributed by atoms with E-state index in [0.29, 0.717) is 12.3 Å². The highest BCUT2D eigenvalue weighted by Gasteiger charge is 2.14. The van der Waals surface area contributed by atoms with E-state index in [9.17, 15) is 0 Å². The molecule has 0 atom stereocenters. The maximum atomic E-state index is 5.81. The highest BCUT2D eigenvalue weighted by molar-refractivity contribution is 5.48. The third kappa shape index (κ3) is 2.35. The largest absolute Gasteiger partial charge is 0.457 e. The standard InChI is InChI=1S/C15H15NO3/c1-10-6-12(3-2-11(10)8-16)19-13-4-5-14-15(7-13)18-9-17-14/h2-7H,8-9,16H2,1H3. The van der Waals surface area contributed by atoms with Crippen LogP contribution in [-0.4, -0.2) is 6.79 Å². The topological polar surface area (TPSA) is 53.7 Å². The summed E-state index contributed by atoms with van der Waals surface area (Å²) < 4.78 is 16.4. The zero-order valence-electron chi connectivity index (χ0n) is 10.7. The maximum Gasteiger partial charge on any atom is 0.231 e. The second-order valence-corrected chi connectivity index (χ2v) is 4.41. The van der Waals surface area contributed by atoms with E-state index in [4.69, 9.17) is 19.9 Å². The van der Waals surface area contributed by atoms with Gasteiger partial charge in [0, 0.05) is 12.6 Å². The van der Waals surface area contributed by atoms with Gasteiger partial charge >= 0.3 is 0 Å². The number of nitrogens with two attached hydrogens (primary N) is 1. The molecule has 19 heavy (non-hydrogen) atoms. The molecule has 0 amide bonds. The number of benzene rings is 2. The average Bonchev–Trinajstić information content (AvgIpc) is 2.86. The zero-order valence-corrected chi connectivity index (χ0v) is 10.7. The van der Waals surface area contributed by atoms with E-state index in [1.807, 2.05) is 43.3 Å². The number of rotatable bonds is 3. The number of hydrogen-bond acceptors (Lipinski definition) is 4. The van der Waals surface area contributed by atoms with Gasteiger partial charge in [-0.15, -0.1) is 0 Å². The van der Waals surface area contributed by atoms with Gasteiger partial charge in [-0.1, -0.05) is 6.07 Å². The first kappa shape index (κ1) is 11.9. The van der Waals surface area contributed by atoms with Crippen molar-refractivity contribution in [1.82, 2.24) is 0 Å². The van der Waals surface area contributed by atoms with Crippen LogP contribution in [0.3, 0.4) is 0 Å². The molecule has 0 radical (unpaired) electrons. The Morgan fingerprint density at radius 2 is 1.79 bits per heavy atom. The lowest BCUT2D eigenvalue weighted by atomic mass is 10.1.